The Kier molecular flexibility index (Phi) is 3.10. The van der Waals surface area contributed by atoms with Gasteiger partial charge in [-0.15, -0.1) is 0 Å². The molecule has 1 aromatic carbocycles. The van der Waals surface area contributed by atoms with Crippen molar-refractivity contribution in [1.29, 1.82) is 0 Å². The maximum Gasteiger partial charge on any atom is 0.203 e. The van der Waals surface area contributed by atoms with E-state index in [0.717, 1.165) is 29.9 Å². The molecule has 2 rings (SSSR count). The maximum atomic E-state index is 9.23. The smallest absolute Gasteiger partial charge is 0.203 e. The zero-order valence-corrected chi connectivity index (χ0v) is 9.64. The van der Waals surface area contributed by atoms with E-state index in [1.807, 2.05) is 36.2 Å². The van der Waals surface area contributed by atoms with Crippen LogP contribution in [0.2, 0.25) is 0 Å². The Balaban J connectivity index is 2.13. The van der Waals surface area contributed by atoms with Crippen molar-refractivity contribution in [3.8, 4) is 0 Å². The van der Waals surface area contributed by atoms with Gasteiger partial charge in [-0.25, -0.2) is 4.98 Å². The number of aromatic nitrogens is 2. The second-order valence-corrected chi connectivity index (χ2v) is 4.14. The van der Waals surface area contributed by atoms with Gasteiger partial charge in [0.05, 0.1) is 17.1 Å². The molecular formula is C12H17N3O. The molecule has 1 aromatic heterocycles. The fourth-order valence-corrected chi connectivity index (χ4v) is 1.61. The molecule has 0 saturated heterocycles. The lowest BCUT2D eigenvalue weighted by Crippen LogP contribution is -2.22. The molecule has 4 nitrogen and oxygen atoms in total. The molecule has 1 atom stereocenters. The van der Waals surface area contributed by atoms with Crippen LogP contribution >= 0.6 is 0 Å². The number of fused-ring (bicyclic) bond motifs is 1. The van der Waals surface area contributed by atoms with Crippen LogP contribution in [0.25, 0.3) is 11.0 Å². The lowest BCUT2D eigenvalue weighted by molar-refractivity contribution is 0.186. The summed E-state index contributed by atoms with van der Waals surface area (Å²) in [4.78, 5) is 9.75. The van der Waals surface area contributed by atoms with Crippen LogP contribution in [0.15, 0.2) is 24.3 Å². The van der Waals surface area contributed by atoms with Crippen LogP contribution < -0.4 is 4.90 Å². The number of hydrogen-bond donors (Lipinski definition) is 2. The summed E-state index contributed by atoms with van der Waals surface area (Å²) in [7, 11) is 1.97. The zero-order valence-electron chi connectivity index (χ0n) is 9.64. The Bertz CT molecular complexity index is 431. The first-order valence-electron chi connectivity index (χ1n) is 5.51. The van der Waals surface area contributed by atoms with Gasteiger partial charge in [-0.1, -0.05) is 12.1 Å². The molecule has 2 N–H and O–H groups in total. The van der Waals surface area contributed by atoms with E-state index in [9.17, 15) is 5.11 Å². The molecule has 0 aliphatic rings. The second-order valence-electron chi connectivity index (χ2n) is 4.14. The quantitative estimate of drug-likeness (QED) is 0.824. The van der Waals surface area contributed by atoms with E-state index in [1.165, 1.54) is 0 Å². The number of anilines is 1. The van der Waals surface area contributed by atoms with Crippen molar-refractivity contribution >= 4 is 17.0 Å². The minimum Gasteiger partial charge on any atom is -0.393 e. The lowest BCUT2D eigenvalue weighted by atomic mass is 10.3. The Morgan fingerprint density at radius 3 is 2.88 bits per heavy atom. The fraction of sp³-hybridized carbons (Fsp3) is 0.417. The van der Waals surface area contributed by atoms with E-state index in [2.05, 4.69) is 9.97 Å². The summed E-state index contributed by atoms with van der Waals surface area (Å²) in [6, 6.07) is 7.95. The van der Waals surface area contributed by atoms with E-state index < -0.39 is 0 Å². The number of aromatic amines is 1. The number of aliphatic hydroxyl groups is 1. The van der Waals surface area contributed by atoms with E-state index in [-0.39, 0.29) is 6.10 Å². The van der Waals surface area contributed by atoms with Gasteiger partial charge in [0.1, 0.15) is 0 Å². The van der Waals surface area contributed by atoms with Gasteiger partial charge in [-0.2, -0.15) is 0 Å². The molecular weight excluding hydrogens is 202 g/mol. The summed E-state index contributed by atoms with van der Waals surface area (Å²) < 4.78 is 0. The fourth-order valence-electron chi connectivity index (χ4n) is 1.61. The van der Waals surface area contributed by atoms with Crippen molar-refractivity contribution < 1.29 is 5.11 Å². The summed E-state index contributed by atoms with van der Waals surface area (Å²) in [6.45, 7) is 2.59. The number of nitrogens with one attached hydrogen (secondary N) is 1. The van der Waals surface area contributed by atoms with Crippen LogP contribution in [-0.2, 0) is 0 Å². The highest BCUT2D eigenvalue weighted by Crippen LogP contribution is 2.16. The summed E-state index contributed by atoms with van der Waals surface area (Å²) >= 11 is 0. The average Bonchev–Trinajstić information content (AvgIpc) is 2.69. The number of H-pyrrole nitrogens is 1. The molecule has 1 heterocycles. The van der Waals surface area contributed by atoms with Crippen molar-refractivity contribution in [2.45, 2.75) is 19.4 Å². The molecule has 0 spiro atoms. The predicted molar refractivity (Wildman–Crippen MR) is 65.7 cm³/mol. The molecule has 2 aromatic rings. The molecule has 0 amide bonds. The minimum absolute atomic E-state index is 0.271. The van der Waals surface area contributed by atoms with Gasteiger partial charge in [0.2, 0.25) is 5.95 Å². The number of rotatable bonds is 4. The molecule has 86 valence electrons. The van der Waals surface area contributed by atoms with Crippen LogP contribution in [0.4, 0.5) is 5.95 Å². The number of aliphatic hydroxyl groups excluding tert-OH is 1. The molecule has 4 heteroatoms. The summed E-state index contributed by atoms with van der Waals surface area (Å²) in [5, 5.41) is 9.23. The standard InChI is InChI=1S/C12H17N3O/c1-9(16)7-8-15(2)12-13-10-5-3-4-6-11(10)14-12/h3-6,9,16H,7-8H2,1-2H3,(H,13,14). The van der Waals surface area contributed by atoms with Crippen molar-refractivity contribution in [3.05, 3.63) is 24.3 Å². The van der Waals surface area contributed by atoms with Crippen LogP contribution in [0.1, 0.15) is 13.3 Å². The molecule has 1 unspecified atom stereocenters. The Morgan fingerprint density at radius 2 is 2.19 bits per heavy atom. The van der Waals surface area contributed by atoms with Crippen LogP contribution in [0.5, 0.6) is 0 Å². The third-order valence-electron chi connectivity index (χ3n) is 2.62. The van der Waals surface area contributed by atoms with Gasteiger partial charge in [0.25, 0.3) is 0 Å². The lowest BCUT2D eigenvalue weighted by Gasteiger charge is -2.16. The van der Waals surface area contributed by atoms with Crippen LogP contribution in [0.3, 0.4) is 0 Å². The third-order valence-corrected chi connectivity index (χ3v) is 2.62. The van der Waals surface area contributed by atoms with Crippen molar-refractivity contribution in [2.75, 3.05) is 18.5 Å². The Labute approximate surface area is 94.9 Å². The highest BCUT2D eigenvalue weighted by Gasteiger charge is 2.07. The number of para-hydroxylation sites is 2. The number of hydrogen-bond acceptors (Lipinski definition) is 3. The predicted octanol–water partition coefficient (Wildman–Crippen LogP) is 1.77. The number of benzene rings is 1. The second kappa shape index (κ2) is 4.53. The van der Waals surface area contributed by atoms with Gasteiger partial charge < -0.3 is 15.0 Å². The van der Waals surface area contributed by atoms with Gasteiger partial charge in [-0.05, 0) is 25.5 Å². The first-order chi connectivity index (χ1) is 7.66. The third kappa shape index (κ3) is 2.33. The maximum absolute atomic E-state index is 9.23. The molecule has 0 bridgehead atoms. The largest absolute Gasteiger partial charge is 0.393 e. The monoisotopic (exact) mass is 219 g/mol. The van der Waals surface area contributed by atoms with Gasteiger partial charge in [-0.3, -0.25) is 0 Å². The normalized spacial score (nSPS) is 12.9. The molecule has 16 heavy (non-hydrogen) atoms. The van der Waals surface area contributed by atoms with E-state index in [1.54, 1.807) is 6.92 Å². The molecule has 0 aliphatic heterocycles. The first-order valence-corrected chi connectivity index (χ1v) is 5.51. The van der Waals surface area contributed by atoms with Crippen molar-refractivity contribution in [2.24, 2.45) is 0 Å². The number of imidazole rings is 1. The van der Waals surface area contributed by atoms with Crippen LogP contribution in [0, 0.1) is 0 Å². The van der Waals surface area contributed by atoms with Crippen LogP contribution in [-0.4, -0.2) is 34.8 Å². The Morgan fingerprint density at radius 1 is 1.44 bits per heavy atom. The topological polar surface area (TPSA) is 52.1 Å². The summed E-state index contributed by atoms with van der Waals surface area (Å²) in [6.07, 6.45) is 0.472. The summed E-state index contributed by atoms with van der Waals surface area (Å²) in [5.74, 6) is 0.849. The van der Waals surface area contributed by atoms with Gasteiger partial charge in [0, 0.05) is 13.6 Å². The SMILES string of the molecule is CC(O)CCN(C)c1nc2ccccc2[nH]1. The molecule has 0 radical (unpaired) electrons. The van der Waals surface area contributed by atoms with Crippen molar-refractivity contribution in [3.63, 3.8) is 0 Å². The highest BCUT2D eigenvalue weighted by molar-refractivity contribution is 5.77. The van der Waals surface area contributed by atoms with E-state index in [0.29, 0.717) is 0 Å². The average molecular weight is 219 g/mol. The van der Waals surface area contributed by atoms with Gasteiger partial charge in [0.15, 0.2) is 0 Å². The minimum atomic E-state index is -0.271. The molecule has 0 saturated carbocycles. The zero-order chi connectivity index (χ0) is 11.5. The highest BCUT2D eigenvalue weighted by atomic mass is 16.3. The van der Waals surface area contributed by atoms with E-state index >= 15 is 0 Å². The Hall–Kier alpha value is -1.55. The van der Waals surface area contributed by atoms with Crippen molar-refractivity contribution in [1.82, 2.24) is 9.97 Å². The summed E-state index contributed by atoms with van der Waals surface area (Å²) in [5.41, 5.74) is 2.02. The number of nitrogens with zero attached hydrogens (tertiary/aromatic N) is 2. The molecule has 0 aliphatic carbocycles. The van der Waals surface area contributed by atoms with Gasteiger partial charge >= 0.3 is 0 Å². The molecule has 0 fully saturated rings. The van der Waals surface area contributed by atoms with E-state index in [4.69, 9.17) is 0 Å². The first kappa shape index (κ1) is 11.0.